The van der Waals surface area contributed by atoms with Crippen LogP contribution in [-0.2, 0) is 0 Å². The molecule has 0 spiro atoms. The maximum atomic E-state index is 13.2. The Kier molecular flexibility index (Phi) is 4.15. The highest BCUT2D eigenvalue weighted by atomic mass is 79.9. The zero-order valence-electron chi connectivity index (χ0n) is 9.24. The molecule has 2 aromatic rings. The Morgan fingerprint density at radius 2 is 1.83 bits per heavy atom. The summed E-state index contributed by atoms with van der Waals surface area (Å²) in [7, 11) is 0. The summed E-state index contributed by atoms with van der Waals surface area (Å²) in [5.74, 6) is -0.785. The molecular formula is C14H9BrClFO. The molecule has 2 rings (SSSR count). The van der Waals surface area contributed by atoms with Crippen LogP contribution >= 0.6 is 27.5 Å². The van der Waals surface area contributed by atoms with Crippen molar-refractivity contribution in [1.29, 1.82) is 0 Å². The van der Waals surface area contributed by atoms with Crippen LogP contribution in [0.25, 0.3) is 0 Å². The Morgan fingerprint density at radius 1 is 1.17 bits per heavy atom. The second-order valence-electron chi connectivity index (χ2n) is 3.80. The highest BCUT2D eigenvalue weighted by Crippen LogP contribution is 2.26. The molecule has 1 unspecified atom stereocenters. The molecule has 4 heteroatoms. The number of rotatable bonds is 3. The first-order chi connectivity index (χ1) is 8.58. The summed E-state index contributed by atoms with van der Waals surface area (Å²) < 4.78 is 13.7. The smallest absolute Gasteiger partial charge is 0.185 e. The van der Waals surface area contributed by atoms with Gasteiger partial charge in [0.15, 0.2) is 5.78 Å². The molecule has 0 radical (unpaired) electrons. The average Bonchev–Trinajstić information content (AvgIpc) is 2.37. The van der Waals surface area contributed by atoms with E-state index in [1.807, 2.05) is 6.07 Å². The van der Waals surface area contributed by atoms with Gasteiger partial charge in [-0.2, -0.15) is 0 Å². The lowest BCUT2D eigenvalue weighted by Gasteiger charge is -2.09. The van der Waals surface area contributed by atoms with Crippen molar-refractivity contribution in [3.05, 3.63) is 69.9 Å². The molecular weight excluding hydrogens is 319 g/mol. The van der Waals surface area contributed by atoms with Crippen LogP contribution in [0.15, 0.2) is 53.0 Å². The van der Waals surface area contributed by atoms with Gasteiger partial charge in [0.2, 0.25) is 0 Å². The Balaban J connectivity index is 2.31. The maximum absolute atomic E-state index is 13.2. The zero-order chi connectivity index (χ0) is 13.1. The lowest BCUT2D eigenvalue weighted by Crippen LogP contribution is -2.07. The average molecular weight is 328 g/mol. The van der Waals surface area contributed by atoms with E-state index in [0.717, 1.165) is 0 Å². The molecule has 1 atom stereocenters. The molecule has 0 aromatic heterocycles. The van der Waals surface area contributed by atoms with Crippen LogP contribution in [-0.4, -0.2) is 5.78 Å². The summed E-state index contributed by atoms with van der Waals surface area (Å²) in [4.78, 5) is 12.1. The highest BCUT2D eigenvalue weighted by Gasteiger charge is 2.20. The molecule has 0 saturated carbocycles. The van der Waals surface area contributed by atoms with Crippen LogP contribution in [0.2, 0.25) is 0 Å². The number of alkyl halides is 1. The summed E-state index contributed by atoms with van der Waals surface area (Å²) in [5, 5.41) is -0.806. The van der Waals surface area contributed by atoms with E-state index >= 15 is 0 Å². The molecule has 2 aromatic carbocycles. The molecule has 0 aliphatic rings. The number of halogens is 3. The van der Waals surface area contributed by atoms with Crippen LogP contribution in [0.5, 0.6) is 0 Å². The Morgan fingerprint density at radius 3 is 2.44 bits per heavy atom. The third-order valence-corrected chi connectivity index (χ3v) is 3.38. The summed E-state index contributed by atoms with van der Waals surface area (Å²) in [6.07, 6.45) is 0. The predicted molar refractivity (Wildman–Crippen MR) is 73.5 cm³/mol. The third-order valence-electron chi connectivity index (χ3n) is 2.47. The number of Topliss-reactive ketones (excluding diaryl/α,β-unsaturated/α-hetero) is 1. The van der Waals surface area contributed by atoms with E-state index in [9.17, 15) is 9.18 Å². The Bertz CT molecular complexity index is 551. The van der Waals surface area contributed by atoms with E-state index in [1.54, 1.807) is 30.3 Å². The Labute approximate surface area is 118 Å². The molecule has 0 bridgehead atoms. The topological polar surface area (TPSA) is 17.1 Å². The van der Waals surface area contributed by atoms with Gasteiger partial charge in [0.25, 0.3) is 0 Å². The summed E-state index contributed by atoms with van der Waals surface area (Å²) in [6.45, 7) is 0. The number of hydrogen-bond acceptors (Lipinski definition) is 1. The first-order valence-corrected chi connectivity index (χ1v) is 6.50. The van der Waals surface area contributed by atoms with Crippen molar-refractivity contribution in [2.24, 2.45) is 0 Å². The van der Waals surface area contributed by atoms with Gasteiger partial charge in [-0.1, -0.05) is 46.3 Å². The number of carbonyl (C=O) groups excluding carboxylic acids is 1. The van der Waals surface area contributed by atoms with E-state index in [-0.39, 0.29) is 11.3 Å². The van der Waals surface area contributed by atoms with Gasteiger partial charge >= 0.3 is 0 Å². The van der Waals surface area contributed by atoms with Gasteiger partial charge in [-0.25, -0.2) is 4.39 Å². The molecule has 1 nitrogen and oxygen atoms in total. The molecule has 0 amide bonds. The van der Waals surface area contributed by atoms with Crippen molar-refractivity contribution < 1.29 is 9.18 Å². The van der Waals surface area contributed by atoms with E-state index in [4.69, 9.17) is 11.6 Å². The molecule has 0 N–H and O–H groups in total. The summed E-state index contributed by atoms with van der Waals surface area (Å²) in [6, 6.07) is 13.0. The summed E-state index contributed by atoms with van der Waals surface area (Å²) in [5.41, 5.74) is 0.954. The minimum Gasteiger partial charge on any atom is -0.292 e. The predicted octanol–water partition coefficient (Wildman–Crippen LogP) is 4.75. The van der Waals surface area contributed by atoms with Crippen molar-refractivity contribution in [1.82, 2.24) is 0 Å². The van der Waals surface area contributed by atoms with E-state index in [1.165, 1.54) is 12.1 Å². The van der Waals surface area contributed by atoms with Crippen LogP contribution in [0, 0.1) is 5.82 Å². The van der Waals surface area contributed by atoms with Gasteiger partial charge < -0.3 is 0 Å². The molecule has 0 aliphatic heterocycles. The largest absolute Gasteiger partial charge is 0.292 e. The summed E-state index contributed by atoms with van der Waals surface area (Å²) >= 11 is 9.26. The Hall–Kier alpha value is -1.19. The lowest BCUT2D eigenvalue weighted by atomic mass is 10.0. The second-order valence-corrected chi connectivity index (χ2v) is 5.15. The van der Waals surface area contributed by atoms with E-state index < -0.39 is 11.2 Å². The van der Waals surface area contributed by atoms with E-state index in [2.05, 4.69) is 15.9 Å². The zero-order valence-corrected chi connectivity index (χ0v) is 11.6. The lowest BCUT2D eigenvalue weighted by molar-refractivity contribution is 0.0986. The molecule has 18 heavy (non-hydrogen) atoms. The van der Waals surface area contributed by atoms with Gasteiger partial charge in [-0.15, -0.1) is 11.6 Å². The fraction of sp³-hybridized carbons (Fsp3) is 0.0714. The quantitative estimate of drug-likeness (QED) is 0.587. The van der Waals surface area contributed by atoms with Gasteiger partial charge in [0.1, 0.15) is 11.2 Å². The molecule has 0 aliphatic carbocycles. The van der Waals surface area contributed by atoms with Crippen LogP contribution in [0.1, 0.15) is 21.3 Å². The molecule has 0 heterocycles. The fourth-order valence-corrected chi connectivity index (χ4v) is 2.35. The number of hydrogen-bond donors (Lipinski definition) is 0. The van der Waals surface area contributed by atoms with E-state index in [0.29, 0.717) is 10.0 Å². The normalized spacial score (nSPS) is 12.2. The van der Waals surface area contributed by atoms with Crippen LogP contribution in [0.4, 0.5) is 4.39 Å². The van der Waals surface area contributed by atoms with Crippen molar-refractivity contribution >= 4 is 33.3 Å². The SMILES string of the molecule is O=C(c1cc(F)cc(Br)c1)C(Cl)c1ccccc1. The molecule has 0 saturated heterocycles. The molecule has 92 valence electrons. The van der Waals surface area contributed by atoms with Gasteiger partial charge in [-0.05, 0) is 23.8 Å². The first-order valence-electron chi connectivity index (χ1n) is 5.27. The highest BCUT2D eigenvalue weighted by molar-refractivity contribution is 9.10. The first kappa shape index (κ1) is 13.2. The van der Waals surface area contributed by atoms with Crippen LogP contribution in [0.3, 0.4) is 0 Å². The van der Waals surface area contributed by atoms with Crippen molar-refractivity contribution in [3.8, 4) is 0 Å². The standard InChI is InChI=1S/C14H9BrClFO/c15-11-6-10(7-12(17)8-11)14(18)13(16)9-4-2-1-3-5-9/h1-8,13H. The maximum Gasteiger partial charge on any atom is 0.185 e. The minimum absolute atomic E-state index is 0.255. The number of benzene rings is 2. The van der Waals surface area contributed by atoms with Gasteiger partial charge in [0.05, 0.1) is 0 Å². The fourth-order valence-electron chi connectivity index (χ4n) is 1.62. The second kappa shape index (κ2) is 5.63. The van der Waals surface area contributed by atoms with Crippen molar-refractivity contribution in [2.45, 2.75) is 5.38 Å². The number of carbonyl (C=O) groups is 1. The van der Waals surface area contributed by atoms with Crippen LogP contribution < -0.4 is 0 Å². The number of ketones is 1. The van der Waals surface area contributed by atoms with Crippen molar-refractivity contribution in [3.63, 3.8) is 0 Å². The van der Waals surface area contributed by atoms with Gasteiger partial charge in [0, 0.05) is 10.0 Å². The van der Waals surface area contributed by atoms with Crippen molar-refractivity contribution in [2.75, 3.05) is 0 Å². The monoisotopic (exact) mass is 326 g/mol. The third kappa shape index (κ3) is 2.98. The minimum atomic E-state index is -0.806. The van der Waals surface area contributed by atoms with Gasteiger partial charge in [-0.3, -0.25) is 4.79 Å². The molecule has 0 fully saturated rings.